The number of carbonyl (C=O) groups excluding carboxylic acids is 2. The van der Waals surface area contributed by atoms with E-state index in [0.29, 0.717) is 11.3 Å². The Morgan fingerprint density at radius 2 is 1.59 bits per heavy atom. The van der Waals surface area contributed by atoms with Gasteiger partial charge in [0.1, 0.15) is 11.5 Å². The van der Waals surface area contributed by atoms with Crippen LogP contribution in [0.5, 0.6) is 0 Å². The molecule has 0 saturated heterocycles. The highest BCUT2D eigenvalue weighted by Gasteiger charge is 2.40. The Morgan fingerprint density at radius 3 is 2.24 bits per heavy atom. The average molecular weight is 407 g/mol. The molecule has 29 heavy (non-hydrogen) atoms. The number of amides is 2. The van der Waals surface area contributed by atoms with Crippen molar-refractivity contribution in [2.45, 2.75) is 6.92 Å². The van der Waals surface area contributed by atoms with Crippen LogP contribution in [0.25, 0.3) is 5.57 Å². The van der Waals surface area contributed by atoms with Crippen LogP contribution in [0.3, 0.4) is 0 Å². The molecule has 4 nitrogen and oxygen atoms in total. The SMILES string of the molecule is Cc1ccc(C2=C(Nc3ccccc3)C(=O)N(c3ccc(F)c(Cl)c3)C2=O)cc1. The molecular formula is C23H16ClFN2O2. The number of hydrogen-bond donors (Lipinski definition) is 1. The minimum Gasteiger partial charge on any atom is -0.350 e. The lowest BCUT2D eigenvalue weighted by atomic mass is 10.0. The quantitative estimate of drug-likeness (QED) is 0.607. The molecule has 0 aliphatic carbocycles. The second-order valence-electron chi connectivity index (χ2n) is 6.65. The first-order valence-corrected chi connectivity index (χ1v) is 9.31. The predicted octanol–water partition coefficient (Wildman–Crippen LogP) is 5.18. The number of nitrogens with zero attached hydrogens (tertiary/aromatic N) is 1. The minimum atomic E-state index is -0.621. The van der Waals surface area contributed by atoms with Gasteiger partial charge in [-0.25, -0.2) is 9.29 Å². The summed E-state index contributed by atoms with van der Waals surface area (Å²) in [5.41, 5.74) is 2.94. The van der Waals surface area contributed by atoms with Gasteiger partial charge in [-0.2, -0.15) is 0 Å². The van der Waals surface area contributed by atoms with E-state index in [1.54, 1.807) is 24.3 Å². The maximum atomic E-state index is 13.6. The van der Waals surface area contributed by atoms with Crippen LogP contribution in [0.15, 0.2) is 78.5 Å². The number of rotatable bonds is 4. The monoisotopic (exact) mass is 406 g/mol. The molecule has 1 aliphatic rings. The van der Waals surface area contributed by atoms with Crippen molar-refractivity contribution in [1.29, 1.82) is 0 Å². The first-order valence-electron chi connectivity index (χ1n) is 8.93. The van der Waals surface area contributed by atoms with Crippen molar-refractivity contribution in [3.05, 3.63) is 100 Å². The lowest BCUT2D eigenvalue weighted by Crippen LogP contribution is -2.32. The molecule has 0 bridgehead atoms. The van der Waals surface area contributed by atoms with E-state index < -0.39 is 17.6 Å². The van der Waals surface area contributed by atoms with Crippen LogP contribution < -0.4 is 10.2 Å². The molecule has 1 heterocycles. The van der Waals surface area contributed by atoms with Gasteiger partial charge in [-0.15, -0.1) is 0 Å². The van der Waals surface area contributed by atoms with E-state index in [1.165, 1.54) is 12.1 Å². The molecule has 0 aromatic heterocycles. The van der Waals surface area contributed by atoms with Crippen LogP contribution in [0.4, 0.5) is 15.8 Å². The summed E-state index contributed by atoms with van der Waals surface area (Å²) < 4.78 is 13.6. The average Bonchev–Trinajstić information content (AvgIpc) is 2.95. The van der Waals surface area contributed by atoms with E-state index in [2.05, 4.69) is 5.32 Å². The topological polar surface area (TPSA) is 49.4 Å². The fraction of sp³-hybridized carbons (Fsp3) is 0.0435. The van der Waals surface area contributed by atoms with Crippen molar-refractivity contribution in [2.75, 3.05) is 10.2 Å². The summed E-state index contributed by atoms with van der Waals surface area (Å²) in [4.78, 5) is 27.5. The second kappa shape index (κ2) is 7.53. The molecule has 6 heteroatoms. The Morgan fingerprint density at radius 1 is 0.897 bits per heavy atom. The summed E-state index contributed by atoms with van der Waals surface area (Å²) in [5, 5.41) is 2.91. The molecule has 0 atom stereocenters. The summed E-state index contributed by atoms with van der Waals surface area (Å²) in [6, 6.07) is 20.2. The van der Waals surface area contributed by atoms with Crippen molar-refractivity contribution < 1.29 is 14.0 Å². The van der Waals surface area contributed by atoms with Crippen molar-refractivity contribution in [2.24, 2.45) is 0 Å². The fourth-order valence-corrected chi connectivity index (χ4v) is 3.33. The van der Waals surface area contributed by atoms with E-state index in [1.807, 2.05) is 37.3 Å². The first kappa shape index (κ1) is 18.9. The number of aryl methyl sites for hydroxylation is 1. The minimum absolute atomic E-state index is 0.158. The van der Waals surface area contributed by atoms with Gasteiger partial charge in [-0.3, -0.25) is 9.59 Å². The standard InChI is InChI=1S/C23H16ClFN2O2/c1-14-7-9-15(10-8-14)20-21(26-16-5-3-2-4-6-16)23(29)27(22(20)28)17-11-12-19(25)18(24)13-17/h2-13,26H,1H3. The van der Waals surface area contributed by atoms with E-state index in [4.69, 9.17) is 11.6 Å². The third-order valence-electron chi connectivity index (χ3n) is 4.63. The van der Waals surface area contributed by atoms with Gasteiger partial charge < -0.3 is 5.32 Å². The van der Waals surface area contributed by atoms with Gasteiger partial charge in [-0.1, -0.05) is 59.6 Å². The predicted molar refractivity (Wildman–Crippen MR) is 112 cm³/mol. The molecule has 0 radical (unpaired) electrons. The van der Waals surface area contributed by atoms with Crippen LogP contribution in [0, 0.1) is 12.7 Å². The van der Waals surface area contributed by atoms with Gasteiger partial charge in [0, 0.05) is 5.69 Å². The maximum absolute atomic E-state index is 13.6. The number of nitrogens with one attached hydrogen (secondary N) is 1. The largest absolute Gasteiger partial charge is 0.350 e. The molecule has 4 rings (SSSR count). The van der Waals surface area contributed by atoms with Gasteiger partial charge in [0.05, 0.1) is 16.3 Å². The fourth-order valence-electron chi connectivity index (χ4n) is 3.16. The molecule has 0 spiro atoms. The first-order chi connectivity index (χ1) is 14.0. The number of halogens is 2. The number of benzene rings is 3. The molecule has 3 aromatic carbocycles. The van der Waals surface area contributed by atoms with Crippen LogP contribution in [-0.2, 0) is 9.59 Å². The van der Waals surface area contributed by atoms with Gasteiger partial charge in [0.2, 0.25) is 0 Å². The molecule has 144 valence electrons. The molecule has 0 fully saturated rings. The van der Waals surface area contributed by atoms with E-state index in [9.17, 15) is 14.0 Å². The van der Waals surface area contributed by atoms with Crippen LogP contribution in [0.2, 0.25) is 5.02 Å². The highest BCUT2D eigenvalue weighted by atomic mass is 35.5. The highest BCUT2D eigenvalue weighted by Crippen LogP contribution is 2.35. The molecule has 3 aromatic rings. The number of anilines is 2. The molecule has 1 N–H and O–H groups in total. The summed E-state index contributed by atoms with van der Waals surface area (Å²) in [6.45, 7) is 1.94. The van der Waals surface area contributed by atoms with Crippen LogP contribution in [0.1, 0.15) is 11.1 Å². The molecule has 0 unspecified atom stereocenters. The number of carbonyl (C=O) groups is 2. The zero-order chi connectivity index (χ0) is 20.5. The Hall–Kier alpha value is -3.44. The molecule has 2 amide bonds. The molecule has 0 saturated carbocycles. The van der Waals surface area contributed by atoms with Gasteiger partial charge >= 0.3 is 0 Å². The second-order valence-corrected chi connectivity index (χ2v) is 7.06. The van der Waals surface area contributed by atoms with Gasteiger partial charge in [-0.05, 0) is 42.8 Å². The Kier molecular flexibility index (Phi) is 4.91. The maximum Gasteiger partial charge on any atom is 0.282 e. The van der Waals surface area contributed by atoms with Crippen LogP contribution >= 0.6 is 11.6 Å². The van der Waals surface area contributed by atoms with E-state index in [0.717, 1.165) is 16.5 Å². The van der Waals surface area contributed by atoms with Gasteiger partial charge in [0.25, 0.3) is 11.8 Å². The lowest BCUT2D eigenvalue weighted by Gasteiger charge is -2.16. The Bertz CT molecular complexity index is 1140. The zero-order valence-electron chi connectivity index (χ0n) is 15.4. The Labute approximate surface area is 172 Å². The van der Waals surface area contributed by atoms with Crippen molar-refractivity contribution in [3.8, 4) is 0 Å². The number of para-hydroxylation sites is 1. The third-order valence-corrected chi connectivity index (χ3v) is 4.92. The Balaban J connectivity index is 1.83. The van der Waals surface area contributed by atoms with E-state index in [-0.39, 0.29) is 22.0 Å². The van der Waals surface area contributed by atoms with E-state index >= 15 is 0 Å². The van der Waals surface area contributed by atoms with Crippen molar-refractivity contribution in [3.63, 3.8) is 0 Å². The zero-order valence-corrected chi connectivity index (χ0v) is 16.2. The number of hydrogen-bond acceptors (Lipinski definition) is 3. The lowest BCUT2D eigenvalue weighted by molar-refractivity contribution is -0.120. The summed E-state index contributed by atoms with van der Waals surface area (Å²) in [6.07, 6.45) is 0. The molecular weight excluding hydrogens is 391 g/mol. The normalized spacial score (nSPS) is 14.0. The number of imide groups is 1. The van der Waals surface area contributed by atoms with Crippen molar-refractivity contribution in [1.82, 2.24) is 0 Å². The van der Waals surface area contributed by atoms with Gasteiger partial charge in [0.15, 0.2) is 0 Å². The molecule has 1 aliphatic heterocycles. The summed E-state index contributed by atoms with van der Waals surface area (Å²) in [7, 11) is 0. The smallest absolute Gasteiger partial charge is 0.282 e. The summed E-state index contributed by atoms with van der Waals surface area (Å²) in [5.74, 6) is -1.65. The summed E-state index contributed by atoms with van der Waals surface area (Å²) >= 11 is 5.87. The highest BCUT2D eigenvalue weighted by molar-refractivity contribution is 6.46. The van der Waals surface area contributed by atoms with Crippen molar-refractivity contribution >= 4 is 40.4 Å². The third kappa shape index (κ3) is 3.52. The van der Waals surface area contributed by atoms with Crippen LogP contribution in [-0.4, -0.2) is 11.8 Å².